The van der Waals surface area contributed by atoms with Gasteiger partial charge in [0.05, 0.1) is 0 Å². The zero-order valence-corrected chi connectivity index (χ0v) is 18.7. The lowest BCUT2D eigenvalue weighted by atomic mass is 9.85. The van der Waals surface area contributed by atoms with Crippen molar-refractivity contribution in [3.63, 3.8) is 0 Å². The van der Waals surface area contributed by atoms with E-state index >= 15 is 0 Å². The first-order valence-electron chi connectivity index (χ1n) is 11.8. The van der Waals surface area contributed by atoms with E-state index in [2.05, 4.69) is 133 Å². The zero-order valence-electron chi connectivity index (χ0n) is 18.7. The van der Waals surface area contributed by atoms with Crippen molar-refractivity contribution in [3.8, 4) is 22.3 Å². The third kappa shape index (κ3) is 2.93. The van der Waals surface area contributed by atoms with Crippen LogP contribution < -0.4 is 0 Å². The summed E-state index contributed by atoms with van der Waals surface area (Å²) >= 11 is 0. The summed E-state index contributed by atoms with van der Waals surface area (Å²) in [5, 5.41) is 10.2. The van der Waals surface area contributed by atoms with Crippen molar-refractivity contribution >= 4 is 43.1 Å². The number of hydrogen-bond donors (Lipinski definition) is 0. The Morgan fingerprint density at radius 2 is 0.618 bits per heavy atom. The van der Waals surface area contributed by atoms with Crippen LogP contribution in [0.15, 0.2) is 133 Å². The Bertz CT molecular complexity index is 1680. The average molecular weight is 441 g/mol. The number of fused-ring (bicyclic) bond motifs is 4. The molecule has 0 aliphatic heterocycles. The van der Waals surface area contributed by atoms with Crippen LogP contribution in [-0.2, 0) is 0 Å². The first kappa shape index (κ1) is 19.1. The van der Waals surface area contributed by atoms with Crippen LogP contribution >= 0.6 is 0 Å². The average Bonchev–Trinajstić information content (AvgIpc) is 2.91. The van der Waals surface area contributed by atoms with Crippen LogP contribution in [0.2, 0.25) is 0 Å². The Kier molecular flexibility index (Phi) is 4.25. The monoisotopic (exact) mass is 440 g/mol. The maximum Gasteiger partial charge on any atom is 0 e. The second kappa shape index (κ2) is 7.57. The van der Waals surface area contributed by atoms with Gasteiger partial charge in [-0.25, -0.2) is 0 Å². The fraction of sp³-hybridized carbons (Fsp3) is 0. The third-order valence-corrected chi connectivity index (χ3v) is 7.01. The van der Waals surface area contributed by atoms with Gasteiger partial charge in [-0.2, -0.15) is 0 Å². The summed E-state index contributed by atoms with van der Waals surface area (Å²) in [6, 6.07) is 48.6. The van der Waals surface area contributed by atoms with Crippen molar-refractivity contribution in [1.29, 1.82) is 0 Å². The van der Waals surface area contributed by atoms with Crippen molar-refractivity contribution in [2.45, 2.75) is 0 Å². The molecule has 0 saturated heterocycles. The highest BCUT2D eigenvalue weighted by Gasteiger charge is 2.16. The Morgan fingerprint density at radius 1 is 0.294 bits per heavy atom. The summed E-state index contributed by atoms with van der Waals surface area (Å²) in [6.07, 6.45) is 0. The molecule has 0 unspecified atom stereocenters. The molecule has 0 heteroatoms. The minimum absolute atomic E-state index is 0. The lowest BCUT2D eigenvalue weighted by molar-refractivity contribution is 1.68. The first-order chi connectivity index (χ1) is 16.9. The van der Waals surface area contributed by atoms with E-state index in [1.54, 1.807) is 0 Å². The zero-order chi connectivity index (χ0) is 22.5. The van der Waals surface area contributed by atoms with Crippen molar-refractivity contribution in [1.82, 2.24) is 0 Å². The molecule has 0 N–H and O–H groups in total. The largest absolute Gasteiger partial charge is 0.0616 e. The normalized spacial score (nSPS) is 11.5. The predicted octanol–water partition coefficient (Wildman–Crippen LogP) is 10.9. The van der Waals surface area contributed by atoms with Crippen molar-refractivity contribution in [3.05, 3.63) is 133 Å². The number of hydrogen-bond acceptors (Lipinski definition) is 0. The highest BCUT2D eigenvalue weighted by Crippen LogP contribution is 2.44. The van der Waals surface area contributed by atoms with Gasteiger partial charge < -0.3 is 0 Å². The quantitative estimate of drug-likeness (QED) is 0.234. The summed E-state index contributed by atoms with van der Waals surface area (Å²) < 4.78 is 0. The van der Waals surface area contributed by atoms with Gasteiger partial charge in [-0.15, -0.1) is 0 Å². The molecular weight excluding hydrogens is 408 g/mol. The van der Waals surface area contributed by atoms with E-state index in [9.17, 15) is 0 Å². The number of rotatable bonds is 2. The summed E-state index contributed by atoms with van der Waals surface area (Å²) in [5.74, 6) is 0. The maximum atomic E-state index is 2.33. The van der Waals surface area contributed by atoms with Gasteiger partial charge in [0.1, 0.15) is 0 Å². The van der Waals surface area contributed by atoms with Crippen LogP contribution in [-0.4, -0.2) is 0 Å². The van der Waals surface area contributed by atoms with E-state index in [-0.39, 0.29) is 7.13 Å². The summed E-state index contributed by atoms with van der Waals surface area (Å²) in [4.78, 5) is 0. The van der Waals surface area contributed by atoms with Gasteiger partial charge >= 0.3 is 0 Å². The van der Waals surface area contributed by atoms with Gasteiger partial charge in [0.25, 0.3) is 0 Å². The molecule has 0 atom stereocenters. The molecule has 0 nitrogen and oxygen atoms in total. The van der Waals surface area contributed by atoms with Crippen LogP contribution in [0.1, 0.15) is 7.13 Å². The molecule has 0 aliphatic carbocycles. The van der Waals surface area contributed by atoms with Crippen LogP contribution in [0, 0.1) is 0 Å². The molecule has 0 saturated carbocycles. The van der Waals surface area contributed by atoms with Crippen LogP contribution in [0.5, 0.6) is 0 Å². The maximum absolute atomic E-state index is 2.33. The lowest BCUT2D eigenvalue weighted by Gasteiger charge is -2.18. The van der Waals surface area contributed by atoms with Crippen LogP contribution in [0.3, 0.4) is 0 Å². The van der Waals surface area contributed by atoms with Crippen molar-refractivity contribution in [2.75, 3.05) is 0 Å². The third-order valence-electron chi connectivity index (χ3n) is 7.01. The Morgan fingerprint density at radius 3 is 1.00 bits per heavy atom. The summed E-state index contributed by atoms with van der Waals surface area (Å²) in [5.41, 5.74) is 5.13. The molecule has 0 aromatic heterocycles. The highest BCUT2D eigenvalue weighted by atomic mass is 14.2. The summed E-state index contributed by atoms with van der Waals surface area (Å²) in [7, 11) is 0. The first-order valence-corrected chi connectivity index (χ1v) is 11.8. The molecule has 0 aliphatic rings. The number of benzene rings is 7. The van der Waals surface area contributed by atoms with E-state index < -0.39 is 0 Å². The molecule has 0 radical (unpaired) electrons. The van der Waals surface area contributed by atoms with E-state index in [4.69, 9.17) is 0 Å². The summed E-state index contributed by atoms with van der Waals surface area (Å²) in [6.45, 7) is 0. The molecule has 0 amide bonds. The molecule has 7 aromatic carbocycles. The van der Waals surface area contributed by atoms with Gasteiger partial charge in [-0.1, -0.05) is 121 Å². The van der Waals surface area contributed by atoms with E-state index in [0.717, 1.165) is 0 Å². The Hall–Kier alpha value is -4.42. The molecule has 7 aromatic rings. The van der Waals surface area contributed by atoms with E-state index in [1.807, 2.05) is 0 Å². The molecule has 34 heavy (non-hydrogen) atoms. The standard InChI is InChI=1S/C34H22.5H2/c1-3-11-25-21-27(19-17-23(25)9-1)33-29-13-5-7-15-31(29)34(32-16-8-6-14-30(32)33)28-20-18-24-10-2-4-12-26(24)22-28;;;;;/h1-22H;5*1H. The molecular formula is C34H32. The van der Waals surface area contributed by atoms with Gasteiger partial charge in [0.15, 0.2) is 0 Å². The van der Waals surface area contributed by atoms with Gasteiger partial charge in [-0.05, 0) is 77.5 Å². The predicted molar refractivity (Wildman–Crippen MR) is 158 cm³/mol. The molecule has 7 rings (SSSR count). The second-order valence-corrected chi connectivity index (χ2v) is 8.97. The van der Waals surface area contributed by atoms with Crippen molar-refractivity contribution < 1.29 is 7.13 Å². The Labute approximate surface area is 206 Å². The van der Waals surface area contributed by atoms with Crippen LogP contribution in [0.4, 0.5) is 0 Å². The SMILES string of the molecule is [HH].[HH].[HH].[HH].[HH].c1ccc2cc(-c3c4ccccc4c(-c4ccc5ccccc5c4)c4ccccc34)ccc2c1. The smallest absolute Gasteiger partial charge is 0 e. The van der Waals surface area contributed by atoms with Crippen molar-refractivity contribution in [2.24, 2.45) is 0 Å². The minimum atomic E-state index is 0. The molecule has 0 bridgehead atoms. The Balaban J connectivity index is 0.00000107. The van der Waals surface area contributed by atoms with E-state index in [1.165, 1.54) is 65.3 Å². The lowest BCUT2D eigenvalue weighted by Crippen LogP contribution is -1.91. The fourth-order valence-electron chi connectivity index (χ4n) is 5.44. The molecule has 0 fully saturated rings. The van der Waals surface area contributed by atoms with Gasteiger partial charge in [-0.3, -0.25) is 0 Å². The second-order valence-electron chi connectivity index (χ2n) is 8.97. The van der Waals surface area contributed by atoms with Gasteiger partial charge in [0, 0.05) is 7.13 Å². The molecule has 168 valence electrons. The highest BCUT2D eigenvalue weighted by molar-refractivity contribution is 6.22. The van der Waals surface area contributed by atoms with Crippen LogP contribution in [0.25, 0.3) is 65.3 Å². The van der Waals surface area contributed by atoms with E-state index in [0.29, 0.717) is 0 Å². The topological polar surface area (TPSA) is 0 Å². The minimum Gasteiger partial charge on any atom is -0.0616 e. The molecule has 0 spiro atoms. The van der Waals surface area contributed by atoms with Gasteiger partial charge in [0.2, 0.25) is 0 Å². The molecule has 0 heterocycles. The fourth-order valence-corrected chi connectivity index (χ4v) is 5.44.